The topological polar surface area (TPSA) is 53.7 Å². The molecule has 0 aliphatic carbocycles. The maximum atomic E-state index is 6.16. The Labute approximate surface area is 124 Å². The molecule has 0 bridgehead atoms. The Kier molecular flexibility index (Phi) is 4.06. The molecule has 0 amide bonds. The van der Waals surface area contributed by atoms with E-state index in [-0.39, 0.29) is 11.7 Å². The van der Waals surface area contributed by atoms with E-state index in [4.69, 9.17) is 31.5 Å². The van der Waals surface area contributed by atoms with Crippen molar-refractivity contribution < 1.29 is 14.2 Å². The summed E-state index contributed by atoms with van der Waals surface area (Å²) >= 11 is 6.16. The van der Waals surface area contributed by atoms with Crippen LogP contribution in [0.1, 0.15) is 25.7 Å². The van der Waals surface area contributed by atoms with E-state index < -0.39 is 0 Å². The molecule has 1 unspecified atom stereocenters. The summed E-state index contributed by atoms with van der Waals surface area (Å²) in [5, 5.41) is 0.603. The molecule has 2 heterocycles. The quantitative estimate of drug-likeness (QED) is 0.853. The van der Waals surface area contributed by atoms with E-state index in [9.17, 15) is 0 Å². The minimum absolute atomic E-state index is 0.0754. The van der Waals surface area contributed by atoms with E-state index in [1.165, 1.54) is 0 Å². The van der Waals surface area contributed by atoms with Crippen LogP contribution in [0, 0.1) is 0 Å². The fraction of sp³-hybridized carbons (Fsp3) is 0.600. The molecule has 2 aliphatic rings. The molecule has 2 saturated heterocycles. The molecule has 3 rings (SSSR count). The van der Waals surface area contributed by atoms with Crippen LogP contribution in [-0.4, -0.2) is 31.5 Å². The van der Waals surface area contributed by atoms with Crippen LogP contribution < -0.4 is 10.5 Å². The Morgan fingerprint density at radius 2 is 2.05 bits per heavy atom. The van der Waals surface area contributed by atoms with E-state index in [0.717, 1.165) is 45.5 Å². The number of nitrogen functional groups attached to an aromatic ring is 1. The molecule has 110 valence electrons. The Hall–Kier alpha value is -0.970. The molecule has 1 aromatic rings. The lowest BCUT2D eigenvalue weighted by molar-refractivity contribution is -0.155. The summed E-state index contributed by atoms with van der Waals surface area (Å²) in [7, 11) is 0. The highest BCUT2D eigenvalue weighted by atomic mass is 35.5. The number of hydrogen-bond donors (Lipinski definition) is 1. The van der Waals surface area contributed by atoms with Gasteiger partial charge >= 0.3 is 0 Å². The van der Waals surface area contributed by atoms with Crippen molar-refractivity contribution in [2.75, 3.05) is 25.6 Å². The second-order valence-electron chi connectivity index (χ2n) is 5.57. The van der Waals surface area contributed by atoms with Crippen LogP contribution in [0.15, 0.2) is 18.2 Å². The van der Waals surface area contributed by atoms with Gasteiger partial charge in [-0.05, 0) is 25.0 Å². The Morgan fingerprint density at radius 3 is 2.85 bits per heavy atom. The highest BCUT2D eigenvalue weighted by Crippen LogP contribution is 2.37. The van der Waals surface area contributed by atoms with Crippen LogP contribution >= 0.6 is 11.6 Å². The maximum Gasteiger partial charge on any atom is 0.140 e. The van der Waals surface area contributed by atoms with Crippen LogP contribution in [0.3, 0.4) is 0 Å². The van der Waals surface area contributed by atoms with Crippen molar-refractivity contribution in [1.29, 1.82) is 0 Å². The third kappa shape index (κ3) is 3.03. The molecule has 1 spiro atoms. The van der Waals surface area contributed by atoms with Gasteiger partial charge in [0.25, 0.3) is 0 Å². The fourth-order valence-corrected chi connectivity index (χ4v) is 3.13. The Balaban J connectivity index is 1.69. The number of rotatable bonds is 2. The molecule has 4 nitrogen and oxygen atoms in total. The molecule has 2 aliphatic heterocycles. The van der Waals surface area contributed by atoms with Crippen molar-refractivity contribution in [3.8, 4) is 5.75 Å². The Morgan fingerprint density at radius 1 is 1.25 bits per heavy atom. The lowest BCUT2D eigenvalue weighted by Gasteiger charge is -2.43. The molecule has 1 atom stereocenters. The van der Waals surface area contributed by atoms with Gasteiger partial charge in [0.15, 0.2) is 0 Å². The van der Waals surface area contributed by atoms with Crippen molar-refractivity contribution in [3.63, 3.8) is 0 Å². The number of nitrogens with two attached hydrogens (primary N) is 1. The first-order chi connectivity index (χ1) is 9.67. The van der Waals surface area contributed by atoms with Gasteiger partial charge in [0, 0.05) is 37.8 Å². The molecular formula is C15H20ClNO3. The standard InChI is InChI=1S/C15H20ClNO3/c16-13-2-1-11(17)9-14(13)20-12-3-6-19-15(10-12)4-7-18-8-5-15/h1-2,9,12H,3-8,10,17H2. The zero-order chi connectivity index (χ0) is 14.0. The van der Waals surface area contributed by atoms with Gasteiger partial charge in [0.05, 0.1) is 17.2 Å². The van der Waals surface area contributed by atoms with Crippen molar-refractivity contribution in [3.05, 3.63) is 23.2 Å². The third-order valence-electron chi connectivity index (χ3n) is 4.10. The van der Waals surface area contributed by atoms with Gasteiger partial charge in [-0.25, -0.2) is 0 Å². The minimum Gasteiger partial charge on any atom is -0.489 e. The summed E-state index contributed by atoms with van der Waals surface area (Å²) in [5.74, 6) is 0.667. The van der Waals surface area contributed by atoms with E-state index in [1.807, 2.05) is 0 Å². The molecule has 0 saturated carbocycles. The first-order valence-corrected chi connectivity index (χ1v) is 7.48. The van der Waals surface area contributed by atoms with Gasteiger partial charge in [-0.3, -0.25) is 0 Å². The SMILES string of the molecule is Nc1ccc(Cl)c(OC2CCOC3(CCOCC3)C2)c1. The third-order valence-corrected chi connectivity index (χ3v) is 4.41. The fourth-order valence-electron chi connectivity index (χ4n) is 2.97. The number of ether oxygens (including phenoxy) is 3. The van der Waals surface area contributed by atoms with Gasteiger partial charge in [0.2, 0.25) is 0 Å². The van der Waals surface area contributed by atoms with E-state index >= 15 is 0 Å². The molecule has 20 heavy (non-hydrogen) atoms. The van der Waals surface area contributed by atoms with Crippen LogP contribution in [0.25, 0.3) is 0 Å². The Bertz CT molecular complexity index is 469. The van der Waals surface area contributed by atoms with Gasteiger partial charge in [-0.2, -0.15) is 0 Å². The lowest BCUT2D eigenvalue weighted by atomic mass is 9.85. The average Bonchev–Trinajstić information content (AvgIpc) is 2.44. The summed E-state index contributed by atoms with van der Waals surface area (Å²) < 4.78 is 17.5. The number of benzene rings is 1. The molecule has 5 heteroatoms. The van der Waals surface area contributed by atoms with Crippen LogP contribution in [0.4, 0.5) is 5.69 Å². The molecule has 2 fully saturated rings. The summed E-state index contributed by atoms with van der Waals surface area (Å²) in [6, 6.07) is 5.34. The first kappa shape index (κ1) is 14.0. The summed E-state index contributed by atoms with van der Waals surface area (Å²) in [6.45, 7) is 2.27. The van der Waals surface area contributed by atoms with Crippen LogP contribution in [-0.2, 0) is 9.47 Å². The molecular weight excluding hydrogens is 278 g/mol. The number of hydrogen-bond acceptors (Lipinski definition) is 4. The van der Waals surface area contributed by atoms with Gasteiger partial charge in [-0.15, -0.1) is 0 Å². The van der Waals surface area contributed by atoms with Gasteiger partial charge in [-0.1, -0.05) is 11.6 Å². The van der Waals surface area contributed by atoms with Gasteiger partial charge < -0.3 is 19.9 Å². The molecule has 0 radical (unpaired) electrons. The van der Waals surface area contributed by atoms with E-state index in [1.54, 1.807) is 18.2 Å². The first-order valence-electron chi connectivity index (χ1n) is 7.10. The molecule has 2 N–H and O–H groups in total. The monoisotopic (exact) mass is 297 g/mol. The van der Waals surface area contributed by atoms with Crippen LogP contribution in [0.2, 0.25) is 5.02 Å². The average molecular weight is 298 g/mol. The molecule has 0 aromatic heterocycles. The highest BCUT2D eigenvalue weighted by Gasteiger charge is 2.40. The second-order valence-corrected chi connectivity index (χ2v) is 5.97. The largest absolute Gasteiger partial charge is 0.489 e. The van der Waals surface area contributed by atoms with Crippen molar-refractivity contribution in [2.45, 2.75) is 37.4 Å². The number of anilines is 1. The summed E-state index contributed by atoms with van der Waals surface area (Å²) in [4.78, 5) is 0. The minimum atomic E-state index is -0.0754. The molecule has 1 aromatic carbocycles. The normalized spacial score (nSPS) is 25.6. The summed E-state index contributed by atoms with van der Waals surface area (Å²) in [5.41, 5.74) is 6.38. The van der Waals surface area contributed by atoms with Crippen LogP contribution in [0.5, 0.6) is 5.75 Å². The zero-order valence-corrected chi connectivity index (χ0v) is 12.2. The van der Waals surface area contributed by atoms with E-state index in [0.29, 0.717) is 16.5 Å². The van der Waals surface area contributed by atoms with E-state index in [2.05, 4.69) is 0 Å². The zero-order valence-electron chi connectivity index (χ0n) is 11.4. The predicted octanol–water partition coefficient (Wildman–Crippen LogP) is 3.03. The highest BCUT2D eigenvalue weighted by molar-refractivity contribution is 6.32. The van der Waals surface area contributed by atoms with Crippen molar-refractivity contribution in [2.24, 2.45) is 0 Å². The summed E-state index contributed by atoms with van der Waals surface area (Å²) in [6.07, 6.45) is 3.78. The number of halogens is 1. The second kappa shape index (κ2) is 5.80. The van der Waals surface area contributed by atoms with Gasteiger partial charge in [0.1, 0.15) is 11.9 Å². The van der Waals surface area contributed by atoms with Crippen molar-refractivity contribution >= 4 is 17.3 Å². The smallest absolute Gasteiger partial charge is 0.140 e. The predicted molar refractivity (Wildman–Crippen MR) is 78.3 cm³/mol. The lowest BCUT2D eigenvalue weighted by Crippen LogP contribution is -2.47. The van der Waals surface area contributed by atoms with Crippen molar-refractivity contribution in [1.82, 2.24) is 0 Å². The maximum absolute atomic E-state index is 6.16.